The van der Waals surface area contributed by atoms with E-state index in [9.17, 15) is 9.90 Å². The van der Waals surface area contributed by atoms with Gasteiger partial charge in [0.15, 0.2) is 5.82 Å². The van der Waals surface area contributed by atoms with Gasteiger partial charge in [0.2, 0.25) is 0 Å². The monoisotopic (exact) mass is 422 g/mol. The maximum absolute atomic E-state index is 12.9. The Morgan fingerprint density at radius 3 is 2.45 bits per heavy atom. The van der Waals surface area contributed by atoms with Gasteiger partial charge in [0.25, 0.3) is 5.56 Å². The van der Waals surface area contributed by atoms with Gasteiger partial charge in [-0.2, -0.15) is 0 Å². The molecule has 0 unspecified atom stereocenters. The molecular formula is C23H19ClN2O2S. The maximum atomic E-state index is 12.9. The van der Waals surface area contributed by atoms with E-state index in [0.717, 1.165) is 32.7 Å². The van der Waals surface area contributed by atoms with Crippen LogP contribution in [0.3, 0.4) is 0 Å². The topological polar surface area (TPSA) is 66.0 Å². The number of H-pyrrole nitrogens is 1. The highest BCUT2D eigenvalue weighted by molar-refractivity contribution is 7.19. The van der Waals surface area contributed by atoms with E-state index in [4.69, 9.17) is 11.6 Å². The standard InChI is InChI=1S/C23H19ClN2O2S/c1-12-9-15(10-13(2)20(12)27)11-17(24)21-25-22(28)19-18(14(3)29-23(19)26-21)16-7-5-4-6-8-16/h4-11,27H,1-3H3,(H,25,26,28)/b17-11-. The molecular weight excluding hydrogens is 404 g/mol. The molecule has 0 atom stereocenters. The average molecular weight is 423 g/mol. The quantitative estimate of drug-likeness (QED) is 0.424. The van der Waals surface area contributed by atoms with Crippen LogP contribution in [0.25, 0.3) is 32.5 Å². The molecule has 0 saturated carbocycles. The number of hydrogen-bond donors (Lipinski definition) is 2. The summed E-state index contributed by atoms with van der Waals surface area (Å²) in [6.07, 6.45) is 1.74. The van der Waals surface area contributed by atoms with Crippen molar-refractivity contribution < 1.29 is 5.11 Å². The second-order valence-corrected chi connectivity index (χ2v) is 8.60. The van der Waals surface area contributed by atoms with Crippen LogP contribution in [-0.4, -0.2) is 15.1 Å². The van der Waals surface area contributed by atoms with Crippen LogP contribution in [0, 0.1) is 20.8 Å². The molecule has 2 N–H and O–H groups in total. The number of aryl methyl sites for hydroxylation is 3. The lowest BCUT2D eigenvalue weighted by Crippen LogP contribution is -2.10. The lowest BCUT2D eigenvalue weighted by Gasteiger charge is -2.06. The fourth-order valence-electron chi connectivity index (χ4n) is 3.47. The number of phenols is 1. The van der Waals surface area contributed by atoms with Gasteiger partial charge < -0.3 is 10.1 Å². The van der Waals surface area contributed by atoms with E-state index in [-0.39, 0.29) is 11.3 Å². The second kappa shape index (κ2) is 7.50. The van der Waals surface area contributed by atoms with E-state index < -0.39 is 0 Å². The number of phenolic OH excluding ortho intramolecular Hbond substituents is 1. The molecule has 29 heavy (non-hydrogen) atoms. The molecule has 0 bridgehead atoms. The third kappa shape index (κ3) is 3.59. The number of benzene rings is 2. The van der Waals surface area contributed by atoms with Gasteiger partial charge in [-0.1, -0.05) is 41.9 Å². The molecule has 0 saturated heterocycles. The smallest absolute Gasteiger partial charge is 0.260 e. The number of thiophene rings is 1. The van der Waals surface area contributed by atoms with Crippen LogP contribution in [0.2, 0.25) is 0 Å². The van der Waals surface area contributed by atoms with Crippen molar-refractivity contribution in [3.8, 4) is 16.9 Å². The molecule has 0 radical (unpaired) electrons. The Morgan fingerprint density at radius 1 is 1.14 bits per heavy atom. The average Bonchev–Trinajstić information content (AvgIpc) is 3.03. The highest BCUT2D eigenvalue weighted by atomic mass is 35.5. The molecule has 2 heterocycles. The minimum Gasteiger partial charge on any atom is -0.507 e. The zero-order chi connectivity index (χ0) is 20.7. The zero-order valence-corrected chi connectivity index (χ0v) is 17.8. The van der Waals surface area contributed by atoms with Crippen molar-refractivity contribution in [1.29, 1.82) is 0 Å². The predicted octanol–water partition coefficient (Wildman–Crippen LogP) is 6.02. The summed E-state index contributed by atoms with van der Waals surface area (Å²) in [5, 5.41) is 10.9. The number of nitrogens with one attached hydrogen (secondary N) is 1. The Bertz CT molecular complexity index is 1300. The van der Waals surface area contributed by atoms with Crippen LogP contribution >= 0.6 is 22.9 Å². The Labute approximate surface area is 177 Å². The van der Waals surface area contributed by atoms with Crippen LogP contribution < -0.4 is 5.56 Å². The van der Waals surface area contributed by atoms with E-state index in [2.05, 4.69) is 9.97 Å². The zero-order valence-electron chi connectivity index (χ0n) is 16.2. The fraction of sp³-hybridized carbons (Fsp3) is 0.130. The Morgan fingerprint density at radius 2 is 1.79 bits per heavy atom. The van der Waals surface area contributed by atoms with Crippen molar-refractivity contribution in [2.45, 2.75) is 20.8 Å². The first-order valence-electron chi connectivity index (χ1n) is 9.11. The summed E-state index contributed by atoms with van der Waals surface area (Å²) < 4.78 is 0. The maximum Gasteiger partial charge on any atom is 0.260 e. The molecule has 0 aliphatic carbocycles. The van der Waals surface area contributed by atoms with Gasteiger partial charge >= 0.3 is 0 Å². The highest BCUT2D eigenvalue weighted by Gasteiger charge is 2.17. The summed E-state index contributed by atoms with van der Waals surface area (Å²) in [6, 6.07) is 13.5. The first kappa shape index (κ1) is 19.4. The number of rotatable bonds is 3. The lowest BCUT2D eigenvalue weighted by atomic mass is 10.0. The Hall–Kier alpha value is -2.89. The van der Waals surface area contributed by atoms with Gasteiger partial charge in [-0.3, -0.25) is 4.79 Å². The molecule has 0 spiro atoms. The largest absolute Gasteiger partial charge is 0.507 e. The first-order valence-corrected chi connectivity index (χ1v) is 10.3. The van der Waals surface area contributed by atoms with Crippen molar-refractivity contribution in [3.05, 3.63) is 80.2 Å². The fourth-order valence-corrected chi connectivity index (χ4v) is 4.73. The number of halogens is 1. The number of aromatic amines is 1. The SMILES string of the molecule is Cc1cc(/C=C(\Cl)c2nc3sc(C)c(-c4ccccc4)c3c(=O)[nH]2)cc(C)c1O. The van der Waals surface area contributed by atoms with Crippen LogP contribution in [-0.2, 0) is 0 Å². The van der Waals surface area contributed by atoms with Crippen molar-refractivity contribution in [3.63, 3.8) is 0 Å². The summed E-state index contributed by atoms with van der Waals surface area (Å²) in [4.78, 5) is 22.0. The number of aromatic nitrogens is 2. The summed E-state index contributed by atoms with van der Waals surface area (Å²) in [5.41, 5.74) is 4.05. The van der Waals surface area contributed by atoms with E-state index in [1.165, 1.54) is 11.3 Å². The van der Waals surface area contributed by atoms with E-state index in [1.54, 1.807) is 6.08 Å². The molecule has 2 aromatic heterocycles. The summed E-state index contributed by atoms with van der Waals surface area (Å²) in [7, 11) is 0. The summed E-state index contributed by atoms with van der Waals surface area (Å²) in [6.45, 7) is 5.66. The van der Waals surface area contributed by atoms with Gasteiger partial charge in [0, 0.05) is 10.4 Å². The van der Waals surface area contributed by atoms with Gasteiger partial charge in [-0.05, 0) is 61.2 Å². The molecule has 0 aliphatic heterocycles. The molecule has 4 rings (SSSR count). The van der Waals surface area contributed by atoms with Crippen molar-refractivity contribution >= 4 is 44.3 Å². The molecule has 0 aliphatic rings. The first-order chi connectivity index (χ1) is 13.8. The van der Waals surface area contributed by atoms with Crippen LogP contribution in [0.15, 0.2) is 47.3 Å². The summed E-state index contributed by atoms with van der Waals surface area (Å²) in [5.74, 6) is 0.599. The van der Waals surface area contributed by atoms with Crippen molar-refractivity contribution in [2.75, 3.05) is 0 Å². The van der Waals surface area contributed by atoms with Gasteiger partial charge in [0.1, 0.15) is 10.6 Å². The van der Waals surface area contributed by atoms with Crippen molar-refractivity contribution in [1.82, 2.24) is 9.97 Å². The molecule has 4 aromatic rings. The third-order valence-electron chi connectivity index (χ3n) is 4.83. The van der Waals surface area contributed by atoms with Crippen LogP contribution in [0.1, 0.15) is 27.4 Å². The number of hydrogen-bond acceptors (Lipinski definition) is 4. The molecule has 6 heteroatoms. The van der Waals surface area contributed by atoms with Crippen LogP contribution in [0.5, 0.6) is 5.75 Å². The predicted molar refractivity (Wildman–Crippen MR) is 122 cm³/mol. The normalized spacial score (nSPS) is 11.9. The second-order valence-electron chi connectivity index (χ2n) is 6.99. The molecule has 0 amide bonds. The van der Waals surface area contributed by atoms with Crippen molar-refractivity contribution in [2.24, 2.45) is 0 Å². The minimum absolute atomic E-state index is 0.210. The van der Waals surface area contributed by atoms with Gasteiger partial charge in [0.05, 0.1) is 10.4 Å². The third-order valence-corrected chi connectivity index (χ3v) is 6.12. The highest BCUT2D eigenvalue weighted by Crippen LogP contribution is 2.36. The van der Waals surface area contributed by atoms with E-state index in [0.29, 0.717) is 21.1 Å². The molecule has 0 fully saturated rings. The van der Waals surface area contributed by atoms with Gasteiger partial charge in [-0.25, -0.2) is 4.98 Å². The minimum atomic E-state index is -0.210. The lowest BCUT2D eigenvalue weighted by molar-refractivity contribution is 0.467. The summed E-state index contributed by atoms with van der Waals surface area (Å²) >= 11 is 7.97. The Kier molecular flexibility index (Phi) is 5.03. The van der Waals surface area contributed by atoms with E-state index >= 15 is 0 Å². The number of fused-ring (bicyclic) bond motifs is 1. The van der Waals surface area contributed by atoms with Gasteiger partial charge in [-0.15, -0.1) is 11.3 Å². The molecule has 2 aromatic carbocycles. The van der Waals surface area contributed by atoms with E-state index in [1.807, 2.05) is 63.2 Å². The molecule has 4 nitrogen and oxygen atoms in total. The molecule has 146 valence electrons. The number of nitrogens with zero attached hydrogens (tertiary/aromatic N) is 1. The number of aromatic hydroxyl groups is 1. The van der Waals surface area contributed by atoms with Crippen LogP contribution in [0.4, 0.5) is 0 Å². The Balaban J connectivity index is 1.83.